The van der Waals surface area contributed by atoms with Gasteiger partial charge in [0.1, 0.15) is 5.82 Å². The summed E-state index contributed by atoms with van der Waals surface area (Å²) in [7, 11) is 1.09. The first-order chi connectivity index (χ1) is 6.84. The van der Waals surface area contributed by atoms with Crippen molar-refractivity contribution in [2.45, 2.75) is 31.3 Å². The molecule has 0 bridgehead atoms. The van der Waals surface area contributed by atoms with Crippen LogP contribution < -0.4 is 0 Å². The van der Waals surface area contributed by atoms with Crippen LogP contribution in [0, 0.1) is 0 Å². The maximum Gasteiger partial charge on any atom is 0.280 e. The fourth-order valence-electron chi connectivity index (χ4n) is 1.13. The monoisotopic (exact) mass is 258 g/mol. The number of halogens is 3. The second-order valence-corrected chi connectivity index (χ2v) is 5.34. The third-order valence-corrected chi connectivity index (χ3v) is 2.91. The van der Waals surface area contributed by atoms with Crippen molar-refractivity contribution in [2.75, 3.05) is 0 Å². The molecule has 0 aliphatic heterocycles. The van der Waals surface area contributed by atoms with Gasteiger partial charge in [0.15, 0.2) is 5.03 Å². The van der Waals surface area contributed by atoms with Crippen LogP contribution in [0.3, 0.4) is 0 Å². The van der Waals surface area contributed by atoms with Gasteiger partial charge in [-0.1, -0.05) is 6.92 Å². The summed E-state index contributed by atoms with van der Waals surface area (Å²) in [6.07, 6.45) is -1.18. The Bertz CT molecular complexity index is 444. The first-order valence-electron chi connectivity index (χ1n) is 4.13. The van der Waals surface area contributed by atoms with Gasteiger partial charge in [0.25, 0.3) is 15.5 Å². The van der Waals surface area contributed by atoms with E-state index < -0.39 is 22.0 Å². The van der Waals surface area contributed by atoms with Crippen LogP contribution in [0.25, 0.3) is 0 Å². The highest BCUT2D eigenvalue weighted by Gasteiger charge is 2.18. The molecule has 0 atom stereocenters. The lowest BCUT2D eigenvalue weighted by Gasteiger charge is -2.03. The largest absolute Gasteiger partial charge is 0.328 e. The predicted molar refractivity (Wildman–Crippen MR) is 50.6 cm³/mol. The van der Waals surface area contributed by atoms with Crippen LogP contribution in [-0.4, -0.2) is 24.4 Å². The summed E-state index contributed by atoms with van der Waals surface area (Å²) in [6.45, 7) is 1.11. The van der Waals surface area contributed by atoms with E-state index in [1.54, 1.807) is 6.92 Å². The number of hydrogen-bond donors (Lipinski definition) is 0. The summed E-state index contributed by atoms with van der Waals surface area (Å²) in [4.78, 5) is 3.66. The van der Waals surface area contributed by atoms with Gasteiger partial charge in [-0.05, 0) is 0 Å². The molecule has 0 spiro atoms. The van der Waals surface area contributed by atoms with E-state index in [-0.39, 0.29) is 10.9 Å². The minimum Gasteiger partial charge on any atom is -0.328 e. The van der Waals surface area contributed by atoms with Crippen LogP contribution in [-0.2, 0) is 22.0 Å². The summed E-state index contributed by atoms with van der Waals surface area (Å²) in [5.41, 5.74) is 0. The Morgan fingerprint density at radius 2 is 2.20 bits per heavy atom. The van der Waals surface area contributed by atoms with Crippen LogP contribution in [0.4, 0.5) is 8.78 Å². The summed E-state index contributed by atoms with van der Waals surface area (Å²) < 4.78 is 47.1. The maximum atomic E-state index is 12.1. The third kappa shape index (κ3) is 3.13. The molecule has 0 radical (unpaired) electrons. The van der Waals surface area contributed by atoms with E-state index >= 15 is 0 Å². The van der Waals surface area contributed by atoms with Gasteiger partial charge in [-0.25, -0.2) is 22.2 Å². The van der Waals surface area contributed by atoms with Crippen molar-refractivity contribution in [1.82, 2.24) is 9.55 Å². The number of aromatic nitrogens is 2. The van der Waals surface area contributed by atoms with Gasteiger partial charge in [-0.2, -0.15) is 0 Å². The van der Waals surface area contributed by atoms with Crippen molar-refractivity contribution in [3.05, 3.63) is 12.0 Å². The number of hydrogen-bond acceptors (Lipinski definition) is 3. The first kappa shape index (κ1) is 12.4. The fraction of sp³-hybridized carbons (Fsp3) is 0.571. The Labute approximate surface area is 90.3 Å². The van der Waals surface area contributed by atoms with Gasteiger partial charge in [0.2, 0.25) is 0 Å². The van der Waals surface area contributed by atoms with E-state index in [0.29, 0.717) is 6.42 Å². The molecule has 86 valence electrons. The highest BCUT2D eigenvalue weighted by atomic mass is 35.7. The van der Waals surface area contributed by atoms with Crippen molar-refractivity contribution >= 4 is 19.7 Å². The second kappa shape index (κ2) is 4.44. The van der Waals surface area contributed by atoms with Gasteiger partial charge in [-0.15, -0.1) is 0 Å². The predicted octanol–water partition coefficient (Wildman–Crippen LogP) is 1.64. The van der Waals surface area contributed by atoms with Crippen LogP contribution in [0.1, 0.15) is 12.7 Å². The smallest absolute Gasteiger partial charge is 0.280 e. The Kier molecular flexibility index (Phi) is 3.67. The second-order valence-electron chi connectivity index (χ2n) is 2.83. The van der Waals surface area contributed by atoms with Crippen LogP contribution >= 0.6 is 10.7 Å². The summed E-state index contributed by atoms with van der Waals surface area (Å²) >= 11 is 0. The van der Waals surface area contributed by atoms with Gasteiger partial charge in [0.05, 0.1) is 6.54 Å². The lowest BCUT2D eigenvalue weighted by molar-refractivity contribution is 0.125. The van der Waals surface area contributed by atoms with Crippen LogP contribution in [0.5, 0.6) is 0 Å². The van der Waals surface area contributed by atoms with E-state index in [9.17, 15) is 17.2 Å². The molecule has 1 heterocycles. The molecule has 1 aromatic rings. The molecule has 1 rings (SSSR count). The van der Waals surface area contributed by atoms with E-state index in [0.717, 1.165) is 10.8 Å². The summed E-state index contributed by atoms with van der Waals surface area (Å²) in [5, 5.41) is -0.387. The van der Waals surface area contributed by atoms with Crippen LogP contribution in [0.15, 0.2) is 11.2 Å². The van der Waals surface area contributed by atoms with Gasteiger partial charge >= 0.3 is 0 Å². The van der Waals surface area contributed by atoms with E-state index in [1.165, 1.54) is 0 Å². The molecule has 0 aliphatic carbocycles. The zero-order chi connectivity index (χ0) is 11.6. The quantitative estimate of drug-likeness (QED) is 0.772. The van der Waals surface area contributed by atoms with E-state index in [1.807, 2.05) is 0 Å². The topological polar surface area (TPSA) is 52.0 Å². The number of alkyl halides is 2. The molecule has 1 aromatic heterocycles. The number of nitrogens with zero attached hydrogens (tertiary/aromatic N) is 2. The fourth-order valence-corrected chi connectivity index (χ4v) is 1.83. The third-order valence-electron chi connectivity index (χ3n) is 1.74. The standard InChI is InChI=1S/C7H9ClF2N2O2S/c1-2-6-11-7(15(8,13)14)4-12(6)3-5(9)10/h4-5H,2-3H2,1H3. The normalized spacial score (nSPS) is 12.3. The van der Waals surface area contributed by atoms with Crippen molar-refractivity contribution in [1.29, 1.82) is 0 Å². The SMILES string of the molecule is CCc1nc(S(=O)(=O)Cl)cn1CC(F)F. The molecule has 0 aromatic carbocycles. The van der Waals surface area contributed by atoms with E-state index in [2.05, 4.69) is 4.98 Å². The van der Waals surface area contributed by atoms with Gasteiger partial charge in [-0.3, -0.25) is 0 Å². The molecule has 0 aliphatic rings. The molecule has 15 heavy (non-hydrogen) atoms. The Balaban J connectivity index is 3.12. The molecule has 0 fully saturated rings. The first-order valence-corrected chi connectivity index (χ1v) is 6.44. The Morgan fingerprint density at radius 3 is 2.60 bits per heavy atom. The minimum atomic E-state index is -3.95. The average Bonchev–Trinajstić information content (AvgIpc) is 2.45. The average molecular weight is 259 g/mol. The van der Waals surface area contributed by atoms with Crippen LogP contribution in [0.2, 0.25) is 0 Å². The Hall–Kier alpha value is -0.690. The molecule has 0 saturated carbocycles. The minimum absolute atomic E-state index is 0.273. The van der Waals surface area contributed by atoms with Crippen molar-refractivity contribution in [3.8, 4) is 0 Å². The number of imidazole rings is 1. The zero-order valence-electron chi connectivity index (χ0n) is 7.82. The molecule has 8 heteroatoms. The Morgan fingerprint density at radius 1 is 1.60 bits per heavy atom. The lowest BCUT2D eigenvalue weighted by atomic mass is 10.4. The zero-order valence-corrected chi connectivity index (χ0v) is 9.39. The van der Waals surface area contributed by atoms with Crippen molar-refractivity contribution < 1.29 is 17.2 Å². The van der Waals surface area contributed by atoms with Crippen molar-refractivity contribution in [2.24, 2.45) is 0 Å². The van der Waals surface area contributed by atoms with Gasteiger partial charge < -0.3 is 4.57 Å². The molecule has 0 N–H and O–H groups in total. The van der Waals surface area contributed by atoms with Gasteiger partial charge in [0, 0.05) is 23.3 Å². The van der Waals surface area contributed by atoms with E-state index in [4.69, 9.17) is 10.7 Å². The van der Waals surface area contributed by atoms with Crippen molar-refractivity contribution in [3.63, 3.8) is 0 Å². The number of aryl methyl sites for hydroxylation is 1. The summed E-state index contributed by atoms with van der Waals surface area (Å²) in [6, 6.07) is 0. The maximum absolute atomic E-state index is 12.1. The highest BCUT2D eigenvalue weighted by Crippen LogP contribution is 2.15. The molecular weight excluding hydrogens is 250 g/mol. The molecule has 0 amide bonds. The molecule has 4 nitrogen and oxygen atoms in total. The molecular formula is C7H9ClF2N2O2S. The summed E-state index contributed by atoms with van der Waals surface area (Å²) in [5.74, 6) is 0.273. The molecule has 0 saturated heterocycles. The highest BCUT2D eigenvalue weighted by molar-refractivity contribution is 8.13. The number of rotatable bonds is 4. The molecule has 0 unspecified atom stereocenters. The lowest BCUT2D eigenvalue weighted by Crippen LogP contribution is -2.08.